The molecule has 0 aliphatic rings. The van der Waals surface area contributed by atoms with Crippen molar-refractivity contribution >= 4 is 23.4 Å². The molecule has 3 rings (SSSR count). The number of hydrogen-bond acceptors (Lipinski definition) is 7. The van der Waals surface area contributed by atoms with Crippen LogP contribution in [0.3, 0.4) is 0 Å². The topological polar surface area (TPSA) is 93.6 Å². The van der Waals surface area contributed by atoms with Crippen molar-refractivity contribution in [2.45, 2.75) is 17.4 Å². The molecule has 1 aromatic carbocycles. The van der Waals surface area contributed by atoms with Crippen molar-refractivity contribution in [2.75, 3.05) is 19.5 Å². The number of anilines is 1. The van der Waals surface area contributed by atoms with Crippen LogP contribution in [0, 0.1) is 0 Å². The minimum Gasteiger partial charge on any atom is -0.497 e. The lowest BCUT2D eigenvalue weighted by Gasteiger charge is -2.12. The second-order valence-corrected chi connectivity index (χ2v) is 6.93. The molecule has 0 bridgehead atoms. The van der Waals surface area contributed by atoms with Gasteiger partial charge >= 0.3 is 0 Å². The lowest BCUT2D eigenvalue weighted by molar-refractivity contribution is 0.102. The number of nitrogens with one attached hydrogen (secondary N) is 1. The Bertz CT molecular complexity index is 997. The molecule has 2 N–H and O–H groups in total. The number of ether oxygens (including phenoxy) is 2. The number of carbonyl (C=O) groups excluding carboxylic acids is 1. The third-order valence-electron chi connectivity index (χ3n) is 4.11. The zero-order valence-corrected chi connectivity index (χ0v) is 16.9. The molecule has 8 heteroatoms. The van der Waals surface area contributed by atoms with E-state index >= 15 is 0 Å². The van der Waals surface area contributed by atoms with Gasteiger partial charge in [-0.1, -0.05) is 6.07 Å². The fraction of sp³-hybridized carbons (Fsp3) is 0.190. The maximum atomic E-state index is 12.8. The van der Waals surface area contributed by atoms with Crippen LogP contribution in [0.4, 0.5) is 5.69 Å². The van der Waals surface area contributed by atoms with Crippen LogP contribution >= 0.6 is 11.8 Å². The van der Waals surface area contributed by atoms with Crippen LogP contribution in [0.1, 0.15) is 21.6 Å². The van der Waals surface area contributed by atoms with Crippen molar-refractivity contribution in [1.29, 1.82) is 0 Å². The van der Waals surface area contributed by atoms with E-state index < -0.39 is 0 Å². The van der Waals surface area contributed by atoms with Gasteiger partial charge in [-0.3, -0.25) is 9.78 Å². The Balaban J connectivity index is 1.76. The number of thioether (sulfide) groups is 1. The van der Waals surface area contributed by atoms with Crippen molar-refractivity contribution in [3.05, 3.63) is 71.7 Å². The summed E-state index contributed by atoms with van der Waals surface area (Å²) in [4.78, 5) is 21.1. The predicted octanol–water partition coefficient (Wildman–Crippen LogP) is 3.53. The molecule has 0 aliphatic carbocycles. The summed E-state index contributed by atoms with van der Waals surface area (Å²) in [5.74, 6) is 1.73. The quantitative estimate of drug-likeness (QED) is 0.548. The van der Waals surface area contributed by atoms with Gasteiger partial charge in [0.05, 0.1) is 32.1 Å². The number of amides is 1. The molecule has 1 amide bonds. The molecule has 150 valence electrons. The van der Waals surface area contributed by atoms with E-state index in [1.54, 1.807) is 44.7 Å². The predicted molar refractivity (Wildman–Crippen MR) is 111 cm³/mol. The maximum absolute atomic E-state index is 12.8. The molecule has 0 saturated carbocycles. The van der Waals surface area contributed by atoms with Gasteiger partial charge in [0.25, 0.3) is 5.91 Å². The zero-order valence-electron chi connectivity index (χ0n) is 16.1. The first-order chi connectivity index (χ1) is 14.1. The first-order valence-electron chi connectivity index (χ1n) is 8.80. The summed E-state index contributed by atoms with van der Waals surface area (Å²) >= 11 is 1.44. The molecular formula is C21H21N3O4S. The van der Waals surface area contributed by atoms with Crippen LogP contribution in [0.5, 0.6) is 11.5 Å². The first kappa shape index (κ1) is 20.6. The lowest BCUT2D eigenvalue weighted by atomic mass is 10.2. The third-order valence-corrected chi connectivity index (χ3v) is 5.16. The SMILES string of the molecule is COc1ccc(CSc2ncccc2C(=O)Nc2ccnc(CO)c2)c(OC)c1. The molecule has 0 fully saturated rings. The molecule has 2 heterocycles. The highest BCUT2D eigenvalue weighted by Crippen LogP contribution is 2.31. The summed E-state index contributed by atoms with van der Waals surface area (Å²) in [5.41, 5.74) is 2.48. The summed E-state index contributed by atoms with van der Waals surface area (Å²) in [6, 6.07) is 12.4. The number of nitrogens with zero attached hydrogens (tertiary/aromatic N) is 2. The van der Waals surface area contributed by atoms with E-state index in [2.05, 4.69) is 15.3 Å². The van der Waals surface area contributed by atoms with E-state index in [0.717, 1.165) is 5.56 Å². The van der Waals surface area contributed by atoms with Crippen molar-refractivity contribution in [3.63, 3.8) is 0 Å². The Morgan fingerprint density at radius 1 is 1.10 bits per heavy atom. The average molecular weight is 411 g/mol. The average Bonchev–Trinajstić information content (AvgIpc) is 2.77. The van der Waals surface area contributed by atoms with Crippen molar-refractivity contribution in [2.24, 2.45) is 0 Å². The molecule has 3 aromatic rings. The molecule has 0 radical (unpaired) electrons. The van der Waals surface area contributed by atoms with E-state index in [0.29, 0.717) is 39.2 Å². The van der Waals surface area contributed by atoms with E-state index in [9.17, 15) is 9.90 Å². The fourth-order valence-corrected chi connectivity index (χ4v) is 3.62. The monoisotopic (exact) mass is 411 g/mol. The number of aliphatic hydroxyl groups excluding tert-OH is 1. The van der Waals surface area contributed by atoms with E-state index in [1.807, 2.05) is 18.2 Å². The van der Waals surface area contributed by atoms with Gasteiger partial charge < -0.3 is 19.9 Å². The Morgan fingerprint density at radius 2 is 1.97 bits per heavy atom. The standard InChI is InChI=1S/C21H21N3O4S/c1-27-17-6-5-14(19(11-17)28-2)13-29-21-18(4-3-8-23-21)20(26)24-15-7-9-22-16(10-15)12-25/h3-11,25H,12-13H2,1-2H3,(H,22,24,26). The Hall–Kier alpha value is -3.10. The van der Waals surface area contributed by atoms with Crippen LogP contribution in [0.15, 0.2) is 59.9 Å². The van der Waals surface area contributed by atoms with E-state index in [4.69, 9.17) is 9.47 Å². The minimum absolute atomic E-state index is 0.193. The Morgan fingerprint density at radius 3 is 2.72 bits per heavy atom. The van der Waals surface area contributed by atoms with Crippen molar-refractivity contribution in [1.82, 2.24) is 9.97 Å². The first-order valence-corrected chi connectivity index (χ1v) is 9.79. The number of rotatable bonds is 8. The molecule has 0 spiro atoms. The number of pyridine rings is 2. The number of hydrogen-bond donors (Lipinski definition) is 2. The zero-order chi connectivity index (χ0) is 20.6. The Kier molecular flexibility index (Phi) is 7.04. The molecule has 0 aliphatic heterocycles. The maximum Gasteiger partial charge on any atom is 0.258 e. The molecular weight excluding hydrogens is 390 g/mol. The summed E-state index contributed by atoms with van der Waals surface area (Å²) in [6.45, 7) is -0.193. The van der Waals surface area contributed by atoms with Gasteiger partial charge in [0.15, 0.2) is 0 Å². The summed E-state index contributed by atoms with van der Waals surface area (Å²) < 4.78 is 10.7. The molecule has 2 aromatic heterocycles. The van der Waals surface area contributed by atoms with Crippen LogP contribution < -0.4 is 14.8 Å². The summed E-state index contributed by atoms with van der Waals surface area (Å²) in [5, 5.41) is 12.6. The number of methoxy groups -OCH3 is 2. The normalized spacial score (nSPS) is 10.4. The lowest BCUT2D eigenvalue weighted by Crippen LogP contribution is -2.14. The smallest absolute Gasteiger partial charge is 0.258 e. The van der Waals surface area contributed by atoms with Crippen LogP contribution in [0.25, 0.3) is 0 Å². The van der Waals surface area contributed by atoms with Gasteiger partial charge in [0, 0.05) is 35.5 Å². The number of aliphatic hydroxyl groups is 1. The minimum atomic E-state index is -0.280. The molecule has 0 saturated heterocycles. The molecule has 7 nitrogen and oxygen atoms in total. The number of aromatic nitrogens is 2. The van der Waals surface area contributed by atoms with Gasteiger partial charge in [-0.05, 0) is 30.3 Å². The van der Waals surface area contributed by atoms with Crippen LogP contribution in [0.2, 0.25) is 0 Å². The number of benzene rings is 1. The second-order valence-electron chi connectivity index (χ2n) is 5.97. The van der Waals surface area contributed by atoms with Gasteiger partial charge in [0.2, 0.25) is 0 Å². The summed E-state index contributed by atoms with van der Waals surface area (Å²) in [6.07, 6.45) is 3.19. The summed E-state index contributed by atoms with van der Waals surface area (Å²) in [7, 11) is 3.21. The Labute approximate surface area is 173 Å². The van der Waals surface area contributed by atoms with Gasteiger partial charge in [0.1, 0.15) is 16.5 Å². The van der Waals surface area contributed by atoms with E-state index in [1.165, 1.54) is 18.0 Å². The van der Waals surface area contributed by atoms with Crippen molar-refractivity contribution < 1.29 is 19.4 Å². The largest absolute Gasteiger partial charge is 0.497 e. The second kappa shape index (κ2) is 9.90. The third kappa shape index (κ3) is 5.24. The molecule has 0 atom stereocenters. The highest BCUT2D eigenvalue weighted by atomic mass is 32.2. The fourth-order valence-electron chi connectivity index (χ4n) is 2.64. The van der Waals surface area contributed by atoms with Crippen LogP contribution in [-0.4, -0.2) is 35.2 Å². The van der Waals surface area contributed by atoms with Gasteiger partial charge in [-0.15, -0.1) is 11.8 Å². The highest BCUT2D eigenvalue weighted by Gasteiger charge is 2.15. The number of carbonyl (C=O) groups is 1. The highest BCUT2D eigenvalue weighted by molar-refractivity contribution is 7.98. The van der Waals surface area contributed by atoms with Gasteiger partial charge in [-0.2, -0.15) is 0 Å². The van der Waals surface area contributed by atoms with E-state index in [-0.39, 0.29) is 12.5 Å². The molecule has 0 unspecified atom stereocenters. The molecule has 29 heavy (non-hydrogen) atoms. The van der Waals surface area contributed by atoms with Crippen LogP contribution in [-0.2, 0) is 12.4 Å². The van der Waals surface area contributed by atoms with Gasteiger partial charge in [-0.25, -0.2) is 4.98 Å². The van der Waals surface area contributed by atoms with Crippen molar-refractivity contribution in [3.8, 4) is 11.5 Å².